The maximum Gasteiger partial charge on any atom is 0.343 e. The number of hydrogen-bond acceptors (Lipinski definition) is 5. The van der Waals surface area contributed by atoms with Crippen molar-refractivity contribution in [1.29, 1.82) is 0 Å². The van der Waals surface area contributed by atoms with Crippen molar-refractivity contribution in [1.82, 2.24) is 5.32 Å². The summed E-state index contributed by atoms with van der Waals surface area (Å²) in [6.07, 6.45) is 0.287. The third-order valence-corrected chi connectivity index (χ3v) is 3.11. The fraction of sp³-hybridized carbons (Fsp3) is 0.438. The summed E-state index contributed by atoms with van der Waals surface area (Å²) in [6.45, 7) is 3.31. The van der Waals surface area contributed by atoms with Crippen LogP contribution in [0, 0.1) is 0 Å². The SMILES string of the molecule is COC(=O)COc1ccc(NC(=O)NC(C)(C)CCC(=O)O)cc1. The Balaban J connectivity index is 2.49. The van der Waals surface area contributed by atoms with E-state index in [1.165, 1.54) is 7.11 Å². The number of aliphatic carboxylic acids is 1. The Hall–Kier alpha value is -2.77. The zero-order valence-corrected chi connectivity index (χ0v) is 13.9. The van der Waals surface area contributed by atoms with Gasteiger partial charge < -0.3 is 25.2 Å². The number of methoxy groups -OCH3 is 1. The lowest BCUT2D eigenvalue weighted by Crippen LogP contribution is -2.45. The Morgan fingerprint density at radius 2 is 1.79 bits per heavy atom. The number of benzene rings is 1. The van der Waals surface area contributed by atoms with Crippen molar-refractivity contribution in [2.45, 2.75) is 32.2 Å². The second-order valence-electron chi connectivity index (χ2n) is 5.75. The van der Waals surface area contributed by atoms with Crippen LogP contribution in [0.5, 0.6) is 5.75 Å². The van der Waals surface area contributed by atoms with E-state index < -0.39 is 23.5 Å². The fourth-order valence-electron chi connectivity index (χ4n) is 1.79. The summed E-state index contributed by atoms with van der Waals surface area (Å²) >= 11 is 0. The minimum absolute atomic E-state index is 0.0283. The van der Waals surface area contributed by atoms with Gasteiger partial charge in [-0.05, 0) is 44.5 Å². The zero-order chi connectivity index (χ0) is 18.2. The molecule has 132 valence electrons. The first kappa shape index (κ1) is 19.3. The largest absolute Gasteiger partial charge is 0.482 e. The van der Waals surface area contributed by atoms with Gasteiger partial charge in [-0.3, -0.25) is 4.79 Å². The second kappa shape index (κ2) is 8.76. The summed E-state index contributed by atoms with van der Waals surface area (Å²) in [5.41, 5.74) is -0.113. The molecule has 0 unspecified atom stereocenters. The molecule has 0 aliphatic heterocycles. The number of urea groups is 1. The highest BCUT2D eigenvalue weighted by molar-refractivity contribution is 5.89. The van der Waals surface area contributed by atoms with E-state index in [0.29, 0.717) is 17.9 Å². The number of carbonyl (C=O) groups is 3. The summed E-state index contributed by atoms with van der Waals surface area (Å²) in [6, 6.07) is 6.02. The number of rotatable bonds is 8. The molecule has 0 heterocycles. The maximum absolute atomic E-state index is 11.9. The average Bonchev–Trinajstić information content (AvgIpc) is 2.51. The number of esters is 1. The first-order valence-corrected chi connectivity index (χ1v) is 7.32. The number of carboxylic acids is 1. The van der Waals surface area contributed by atoms with E-state index in [0.717, 1.165) is 0 Å². The van der Waals surface area contributed by atoms with Crippen molar-refractivity contribution < 1.29 is 29.0 Å². The van der Waals surface area contributed by atoms with E-state index in [-0.39, 0.29) is 13.0 Å². The van der Waals surface area contributed by atoms with Crippen molar-refractivity contribution in [3.63, 3.8) is 0 Å². The van der Waals surface area contributed by atoms with Crippen LogP contribution >= 0.6 is 0 Å². The van der Waals surface area contributed by atoms with Gasteiger partial charge in [0.15, 0.2) is 6.61 Å². The van der Waals surface area contributed by atoms with Crippen molar-refractivity contribution >= 4 is 23.7 Å². The topological polar surface area (TPSA) is 114 Å². The second-order valence-corrected chi connectivity index (χ2v) is 5.75. The fourth-order valence-corrected chi connectivity index (χ4v) is 1.79. The number of ether oxygens (including phenoxy) is 2. The monoisotopic (exact) mass is 338 g/mol. The third kappa shape index (κ3) is 7.48. The molecule has 0 aliphatic carbocycles. The molecule has 0 radical (unpaired) electrons. The first-order valence-electron chi connectivity index (χ1n) is 7.32. The van der Waals surface area contributed by atoms with Crippen molar-refractivity contribution in [2.24, 2.45) is 0 Å². The molecule has 1 aromatic rings. The number of carbonyl (C=O) groups excluding carboxylic acids is 2. The number of carboxylic acid groups (broad SMARTS) is 1. The van der Waals surface area contributed by atoms with Gasteiger partial charge >= 0.3 is 18.0 Å². The van der Waals surface area contributed by atoms with Crippen molar-refractivity contribution in [2.75, 3.05) is 19.0 Å². The van der Waals surface area contributed by atoms with E-state index in [1.54, 1.807) is 38.1 Å². The van der Waals surface area contributed by atoms with Gasteiger partial charge in [0.1, 0.15) is 5.75 Å². The van der Waals surface area contributed by atoms with E-state index >= 15 is 0 Å². The lowest BCUT2D eigenvalue weighted by atomic mass is 9.99. The van der Waals surface area contributed by atoms with Gasteiger partial charge in [0, 0.05) is 17.6 Å². The smallest absolute Gasteiger partial charge is 0.343 e. The molecule has 0 spiro atoms. The van der Waals surface area contributed by atoms with Crippen LogP contribution in [-0.2, 0) is 14.3 Å². The molecule has 0 aromatic heterocycles. The minimum Gasteiger partial charge on any atom is -0.482 e. The number of nitrogens with one attached hydrogen (secondary N) is 2. The molecule has 0 aliphatic rings. The molecule has 0 atom stereocenters. The number of anilines is 1. The van der Waals surface area contributed by atoms with Gasteiger partial charge in [-0.1, -0.05) is 0 Å². The van der Waals surface area contributed by atoms with Crippen molar-refractivity contribution in [3.8, 4) is 5.75 Å². The molecule has 24 heavy (non-hydrogen) atoms. The van der Waals surface area contributed by atoms with Crippen LogP contribution in [0.15, 0.2) is 24.3 Å². The highest BCUT2D eigenvalue weighted by Gasteiger charge is 2.21. The highest BCUT2D eigenvalue weighted by Crippen LogP contribution is 2.16. The molecule has 0 saturated carbocycles. The number of hydrogen-bond donors (Lipinski definition) is 3. The van der Waals surface area contributed by atoms with Crippen molar-refractivity contribution in [3.05, 3.63) is 24.3 Å². The van der Waals surface area contributed by atoms with Gasteiger partial charge in [0.2, 0.25) is 0 Å². The quantitative estimate of drug-likeness (QED) is 0.625. The normalized spacial score (nSPS) is 10.6. The molecule has 8 heteroatoms. The molecule has 0 bridgehead atoms. The third-order valence-electron chi connectivity index (χ3n) is 3.11. The van der Waals surface area contributed by atoms with Crippen LogP contribution in [0.2, 0.25) is 0 Å². The summed E-state index contributed by atoms with van der Waals surface area (Å²) < 4.78 is 9.66. The Morgan fingerprint density at radius 3 is 2.33 bits per heavy atom. The molecule has 1 aromatic carbocycles. The molecule has 1 rings (SSSR count). The van der Waals surface area contributed by atoms with E-state index in [2.05, 4.69) is 15.4 Å². The van der Waals surface area contributed by atoms with Crippen LogP contribution < -0.4 is 15.4 Å². The summed E-state index contributed by atoms with van der Waals surface area (Å²) in [5.74, 6) is -0.929. The Bertz CT molecular complexity index is 583. The van der Waals surface area contributed by atoms with Gasteiger partial charge in [-0.15, -0.1) is 0 Å². The average molecular weight is 338 g/mol. The highest BCUT2D eigenvalue weighted by atomic mass is 16.6. The number of amides is 2. The van der Waals surface area contributed by atoms with Crippen LogP contribution in [0.4, 0.5) is 10.5 Å². The standard InChI is InChI=1S/C16H22N2O6/c1-16(2,9-8-13(19)20)18-15(22)17-11-4-6-12(7-5-11)24-10-14(21)23-3/h4-7H,8-10H2,1-3H3,(H,19,20)(H2,17,18,22). The lowest BCUT2D eigenvalue weighted by molar-refractivity contribution is -0.143. The predicted molar refractivity (Wildman–Crippen MR) is 87.1 cm³/mol. The minimum atomic E-state index is -0.909. The van der Waals surface area contributed by atoms with E-state index in [1.807, 2.05) is 0 Å². The molecule has 0 saturated heterocycles. The van der Waals surface area contributed by atoms with Crippen LogP contribution in [0.25, 0.3) is 0 Å². The van der Waals surface area contributed by atoms with Gasteiger partial charge in [0.05, 0.1) is 7.11 Å². The lowest BCUT2D eigenvalue weighted by Gasteiger charge is -2.25. The maximum atomic E-state index is 11.9. The molecule has 3 N–H and O–H groups in total. The van der Waals surface area contributed by atoms with Gasteiger partial charge in [0.25, 0.3) is 0 Å². The molecular weight excluding hydrogens is 316 g/mol. The molecule has 0 fully saturated rings. The van der Waals surface area contributed by atoms with Gasteiger partial charge in [-0.25, -0.2) is 9.59 Å². The van der Waals surface area contributed by atoms with E-state index in [4.69, 9.17) is 9.84 Å². The van der Waals surface area contributed by atoms with Crippen LogP contribution in [0.1, 0.15) is 26.7 Å². The Labute approximate surface area is 140 Å². The predicted octanol–water partition coefficient (Wildman–Crippen LogP) is 2.00. The summed E-state index contributed by atoms with van der Waals surface area (Å²) in [4.78, 5) is 33.5. The first-order chi connectivity index (χ1) is 11.2. The van der Waals surface area contributed by atoms with Gasteiger partial charge in [-0.2, -0.15) is 0 Å². The molecular formula is C16H22N2O6. The molecule has 8 nitrogen and oxygen atoms in total. The Morgan fingerprint density at radius 1 is 1.17 bits per heavy atom. The summed E-state index contributed by atoms with van der Waals surface area (Å²) in [7, 11) is 1.27. The molecule has 2 amide bonds. The summed E-state index contributed by atoms with van der Waals surface area (Å²) in [5, 5.41) is 14.1. The Kier molecular flexibility index (Phi) is 7.03. The van der Waals surface area contributed by atoms with Crippen LogP contribution in [-0.4, -0.2) is 42.3 Å². The zero-order valence-electron chi connectivity index (χ0n) is 13.9. The van der Waals surface area contributed by atoms with Crippen LogP contribution in [0.3, 0.4) is 0 Å². The van der Waals surface area contributed by atoms with E-state index in [9.17, 15) is 14.4 Å².